The van der Waals surface area contributed by atoms with Gasteiger partial charge < -0.3 is 15.1 Å². The number of fused-ring (bicyclic) bond motifs is 3. The summed E-state index contributed by atoms with van der Waals surface area (Å²) in [4.78, 5) is 20.4. The number of pyridine rings is 2. The Balaban J connectivity index is 0.000000169. The molecule has 0 saturated heterocycles. The number of rotatable bonds is 2. The van der Waals surface area contributed by atoms with Crippen molar-refractivity contribution < 1.29 is 30.0 Å². The molecule has 3 heterocycles. The van der Waals surface area contributed by atoms with Crippen molar-refractivity contribution in [2.75, 3.05) is 0 Å². The third-order valence-electron chi connectivity index (χ3n) is 8.42. The maximum atomic E-state index is 11.5. The Morgan fingerprint density at radius 3 is 2.04 bits per heavy atom. The van der Waals surface area contributed by atoms with Crippen molar-refractivity contribution in [3.05, 3.63) is 121 Å². The van der Waals surface area contributed by atoms with Crippen molar-refractivity contribution in [2.24, 2.45) is 10.8 Å². The van der Waals surface area contributed by atoms with E-state index in [9.17, 15) is 9.90 Å². The van der Waals surface area contributed by atoms with Crippen LogP contribution in [-0.4, -0.2) is 28.9 Å². The van der Waals surface area contributed by atoms with Crippen molar-refractivity contribution in [1.29, 1.82) is 0 Å². The van der Waals surface area contributed by atoms with Gasteiger partial charge in [-0.1, -0.05) is 101 Å². The maximum Gasteiger partial charge on any atom is 0.164 e. The van der Waals surface area contributed by atoms with E-state index in [1.165, 1.54) is 32.8 Å². The molecule has 0 fully saturated rings. The third kappa shape index (κ3) is 7.46. The summed E-state index contributed by atoms with van der Waals surface area (Å²) >= 11 is 0. The normalized spacial score (nSPS) is 13.4. The zero-order chi connectivity index (χ0) is 33.3. The number of carbonyl (C=O) groups is 1. The second-order valence-electron chi connectivity index (χ2n) is 14.3. The monoisotopic (exact) mass is 815 g/mol. The van der Waals surface area contributed by atoms with Gasteiger partial charge in [-0.15, -0.1) is 65.5 Å². The Hall–Kier alpha value is -3.96. The van der Waals surface area contributed by atoms with E-state index >= 15 is 0 Å². The summed E-state index contributed by atoms with van der Waals surface area (Å²) in [5.74, 6) is 0.104. The third-order valence-corrected chi connectivity index (χ3v) is 11.9. The summed E-state index contributed by atoms with van der Waals surface area (Å²) < 4.78 is 0. The van der Waals surface area contributed by atoms with Gasteiger partial charge in [0.25, 0.3) is 0 Å². The van der Waals surface area contributed by atoms with E-state index in [0.717, 1.165) is 22.2 Å². The first-order valence-corrected chi connectivity index (χ1v) is 18.7. The number of aromatic nitrogens is 2. The first kappa shape index (κ1) is 35.9. The number of benzene rings is 4. The van der Waals surface area contributed by atoms with Gasteiger partial charge in [0.1, 0.15) is 13.8 Å². The van der Waals surface area contributed by atoms with Crippen molar-refractivity contribution in [3.8, 4) is 11.3 Å². The minimum absolute atomic E-state index is 0. The second-order valence-corrected chi connectivity index (χ2v) is 18.6. The molecule has 2 aromatic heterocycles. The van der Waals surface area contributed by atoms with Gasteiger partial charge in [0.05, 0.1) is 0 Å². The van der Waals surface area contributed by atoms with E-state index in [0.29, 0.717) is 0 Å². The molecule has 4 aromatic carbocycles. The zero-order valence-electron chi connectivity index (χ0n) is 28.4. The number of hydrogen-bond acceptors (Lipinski definition) is 4. The van der Waals surface area contributed by atoms with Crippen molar-refractivity contribution in [3.63, 3.8) is 0 Å². The van der Waals surface area contributed by atoms with Crippen LogP contribution in [0.1, 0.15) is 41.5 Å². The number of nitrogens with zero attached hydrogens (tertiary/aromatic N) is 2. The fraction of sp³-hybridized carbons (Fsp3) is 0.244. The fourth-order valence-corrected chi connectivity index (χ4v) is 8.67. The molecule has 1 aliphatic rings. The number of hydrogen-bond donors (Lipinski definition) is 1. The predicted octanol–water partition coefficient (Wildman–Crippen LogP) is 9.11. The Morgan fingerprint density at radius 1 is 0.723 bits per heavy atom. The average molecular weight is 815 g/mol. The van der Waals surface area contributed by atoms with Crippen LogP contribution in [0.15, 0.2) is 109 Å². The molecule has 0 saturated carbocycles. The second kappa shape index (κ2) is 14.0. The molecule has 4 nitrogen and oxygen atoms in total. The van der Waals surface area contributed by atoms with Crippen LogP contribution in [0.5, 0.6) is 0 Å². The first-order valence-electron chi connectivity index (χ1n) is 15.7. The summed E-state index contributed by atoms with van der Waals surface area (Å²) in [6.07, 6.45) is 5.10. The van der Waals surface area contributed by atoms with Crippen LogP contribution < -0.4 is 10.4 Å². The topological polar surface area (TPSA) is 63.1 Å². The maximum absolute atomic E-state index is 11.5. The molecular weight excluding hydrogens is 773 g/mol. The molecule has 0 aliphatic carbocycles. The number of ketones is 1. The van der Waals surface area contributed by atoms with Gasteiger partial charge in [-0.05, 0) is 39.3 Å². The van der Waals surface area contributed by atoms with Gasteiger partial charge in [-0.2, -0.15) is 0 Å². The van der Waals surface area contributed by atoms with Crippen LogP contribution in [0.2, 0.25) is 13.1 Å². The van der Waals surface area contributed by atoms with E-state index in [1.807, 2.05) is 96.3 Å². The molecule has 0 amide bonds. The molecular formula is C41H42IrN2O2Si-2. The summed E-state index contributed by atoms with van der Waals surface area (Å²) in [7, 11) is -1.60. The Morgan fingerprint density at radius 2 is 1.40 bits per heavy atom. The van der Waals surface area contributed by atoms with Gasteiger partial charge >= 0.3 is 0 Å². The van der Waals surface area contributed by atoms with Gasteiger partial charge in [-0.3, -0.25) is 4.79 Å². The Kier molecular flexibility index (Phi) is 10.7. The molecule has 47 heavy (non-hydrogen) atoms. The molecule has 1 aliphatic heterocycles. The van der Waals surface area contributed by atoms with Gasteiger partial charge in [0.2, 0.25) is 0 Å². The molecule has 243 valence electrons. The van der Waals surface area contributed by atoms with Crippen LogP contribution in [-0.2, 0) is 24.9 Å². The number of aliphatic hydroxyl groups is 1. The summed E-state index contributed by atoms with van der Waals surface area (Å²) in [6.45, 7) is 16.0. The summed E-state index contributed by atoms with van der Waals surface area (Å²) in [5, 5.41) is 19.3. The van der Waals surface area contributed by atoms with Gasteiger partial charge in [0, 0.05) is 49.4 Å². The Bertz CT molecular complexity index is 1940. The molecule has 0 spiro atoms. The fourth-order valence-electron chi connectivity index (χ4n) is 5.63. The number of carbonyl (C=O) groups excluding carboxylic acids is 1. The molecule has 0 unspecified atom stereocenters. The average Bonchev–Trinajstić information content (AvgIpc) is 3.28. The zero-order valence-corrected chi connectivity index (χ0v) is 31.8. The van der Waals surface area contributed by atoms with Crippen molar-refractivity contribution in [2.45, 2.75) is 54.6 Å². The summed E-state index contributed by atoms with van der Waals surface area (Å²) in [5.41, 5.74) is 2.37. The van der Waals surface area contributed by atoms with Crippen LogP contribution >= 0.6 is 0 Å². The van der Waals surface area contributed by atoms with Crippen LogP contribution in [0.3, 0.4) is 0 Å². The quantitative estimate of drug-likeness (QED) is 0.0624. The summed E-state index contributed by atoms with van der Waals surface area (Å²) in [6, 6.07) is 35.5. The van der Waals surface area contributed by atoms with E-state index < -0.39 is 13.5 Å². The van der Waals surface area contributed by atoms with Crippen LogP contribution in [0.25, 0.3) is 43.7 Å². The van der Waals surface area contributed by atoms with E-state index in [2.05, 4.69) is 66.6 Å². The van der Waals surface area contributed by atoms with E-state index in [1.54, 1.807) is 11.4 Å². The van der Waals surface area contributed by atoms with Crippen molar-refractivity contribution >= 4 is 56.7 Å². The molecule has 1 radical (unpaired) electrons. The predicted molar refractivity (Wildman–Crippen MR) is 195 cm³/mol. The molecule has 0 bridgehead atoms. The largest absolute Gasteiger partial charge is 0.512 e. The van der Waals surface area contributed by atoms with Gasteiger partial charge in [-0.25, -0.2) is 0 Å². The minimum Gasteiger partial charge on any atom is -0.512 e. The van der Waals surface area contributed by atoms with Gasteiger partial charge in [0.15, 0.2) is 5.78 Å². The first-order chi connectivity index (χ1) is 21.7. The SMILES string of the molecule is CC(C)(C)C(=O)/C=C(\O)C(C)(C)C.C[Si]1(C)c2cccc3c4ccc[c-]c4c4nccc1c4c23.[Ir].[c-]1ccccc1-c1ccccn1. The molecule has 6 heteroatoms. The molecule has 0 atom stereocenters. The molecule has 1 N–H and O–H groups in total. The van der Waals surface area contributed by atoms with Crippen LogP contribution in [0, 0.1) is 23.0 Å². The number of allylic oxidation sites excluding steroid dienone is 2. The Labute approximate surface area is 293 Å². The van der Waals surface area contributed by atoms with E-state index in [-0.39, 0.29) is 37.1 Å². The molecule has 7 rings (SSSR count). The molecule has 6 aromatic rings. The van der Waals surface area contributed by atoms with Crippen molar-refractivity contribution in [1.82, 2.24) is 9.97 Å². The van der Waals surface area contributed by atoms with Crippen LogP contribution in [0.4, 0.5) is 0 Å². The minimum atomic E-state index is -1.60. The van der Waals surface area contributed by atoms with E-state index in [4.69, 9.17) is 4.98 Å². The number of aliphatic hydroxyl groups excluding tert-OH is 1. The smallest absolute Gasteiger partial charge is 0.164 e. The standard InChI is InChI=1S/C19H14NSi.C11H8N.C11H20O2.Ir/c1-21(2)15-9-5-8-13-12-6-3-4-7-14(12)19-18(17(13)15)16(21)10-11-20-19;1-2-6-10(7-3-1)11-8-4-5-9-12-11;1-10(2,3)8(12)7-9(13)11(4,5)6;/h3-6,8-11H,1-2H3;1-6,8-9H;7,12H,1-6H3;/q2*-1;;/b;;8-7-;.